The number of thiophene rings is 1. The van der Waals surface area contributed by atoms with E-state index >= 15 is 0 Å². The Morgan fingerprint density at radius 1 is 1.17 bits per heavy atom. The lowest BCUT2D eigenvalue weighted by molar-refractivity contribution is 0.0982. The molecule has 0 saturated carbocycles. The van der Waals surface area contributed by atoms with Crippen LogP contribution in [0.2, 0.25) is 0 Å². The monoisotopic (exact) mass is 354 g/mol. The molecule has 1 aliphatic rings. The third kappa shape index (κ3) is 3.10. The van der Waals surface area contributed by atoms with Gasteiger partial charge in [0.2, 0.25) is 0 Å². The molecule has 0 unspecified atom stereocenters. The van der Waals surface area contributed by atoms with Gasteiger partial charge in [-0.05, 0) is 37.0 Å². The molecule has 0 amide bonds. The summed E-state index contributed by atoms with van der Waals surface area (Å²) in [6.45, 7) is 0. The van der Waals surface area contributed by atoms with Crippen LogP contribution < -0.4 is 0 Å². The van der Waals surface area contributed by atoms with Crippen LogP contribution in [0.5, 0.6) is 0 Å². The van der Waals surface area contributed by atoms with Gasteiger partial charge in [0.15, 0.2) is 5.78 Å². The Kier molecular flexibility index (Phi) is 4.63. The molecule has 2 aromatic heterocycles. The maximum absolute atomic E-state index is 12.1. The predicted molar refractivity (Wildman–Crippen MR) is 100 cm³/mol. The molecule has 3 nitrogen and oxygen atoms in total. The molecule has 0 aliphatic heterocycles. The van der Waals surface area contributed by atoms with E-state index in [1.807, 2.05) is 41.7 Å². The number of aromatic nitrogens is 2. The summed E-state index contributed by atoms with van der Waals surface area (Å²) < 4.78 is 0. The normalized spacial score (nSPS) is 13.3. The summed E-state index contributed by atoms with van der Waals surface area (Å²) in [5.41, 5.74) is 2.28. The Labute approximate surface area is 149 Å². The van der Waals surface area contributed by atoms with Crippen molar-refractivity contribution in [2.45, 2.75) is 37.1 Å². The lowest BCUT2D eigenvalue weighted by Gasteiger charge is -2.04. The van der Waals surface area contributed by atoms with Gasteiger partial charge in [0.25, 0.3) is 0 Å². The van der Waals surface area contributed by atoms with E-state index in [-0.39, 0.29) is 5.78 Å². The SMILES string of the molecule is O=C(CCCSc1ncnc2sc3c(c12)CCC3)c1ccccc1. The van der Waals surface area contributed by atoms with Crippen molar-refractivity contribution in [3.8, 4) is 0 Å². The van der Waals surface area contributed by atoms with Crippen molar-refractivity contribution in [2.24, 2.45) is 0 Å². The van der Waals surface area contributed by atoms with Gasteiger partial charge in [-0.15, -0.1) is 23.1 Å². The molecule has 1 aromatic carbocycles. The maximum Gasteiger partial charge on any atom is 0.162 e. The second-order valence-electron chi connectivity index (χ2n) is 5.96. The molecule has 2 heterocycles. The van der Waals surface area contributed by atoms with Crippen molar-refractivity contribution < 1.29 is 4.79 Å². The number of hydrogen-bond acceptors (Lipinski definition) is 5. The highest BCUT2D eigenvalue weighted by Gasteiger charge is 2.21. The van der Waals surface area contributed by atoms with Crippen LogP contribution in [0.15, 0.2) is 41.7 Å². The van der Waals surface area contributed by atoms with Gasteiger partial charge in [-0.3, -0.25) is 4.79 Å². The van der Waals surface area contributed by atoms with E-state index in [0.29, 0.717) is 6.42 Å². The van der Waals surface area contributed by atoms with Crippen molar-refractivity contribution in [3.63, 3.8) is 0 Å². The molecule has 122 valence electrons. The van der Waals surface area contributed by atoms with Crippen LogP contribution in [0.25, 0.3) is 10.2 Å². The number of rotatable bonds is 6. The highest BCUT2D eigenvalue weighted by atomic mass is 32.2. The van der Waals surface area contributed by atoms with Gasteiger partial charge < -0.3 is 0 Å². The van der Waals surface area contributed by atoms with Gasteiger partial charge in [0.05, 0.1) is 0 Å². The fourth-order valence-electron chi connectivity index (χ4n) is 3.18. The summed E-state index contributed by atoms with van der Waals surface area (Å²) in [7, 11) is 0. The van der Waals surface area contributed by atoms with Crippen LogP contribution in [0.1, 0.15) is 40.1 Å². The third-order valence-electron chi connectivity index (χ3n) is 4.35. The van der Waals surface area contributed by atoms with Crippen molar-refractivity contribution in [1.82, 2.24) is 9.97 Å². The number of ketones is 1. The van der Waals surface area contributed by atoms with Crippen molar-refractivity contribution in [3.05, 3.63) is 52.7 Å². The highest BCUT2D eigenvalue weighted by molar-refractivity contribution is 7.99. The molecule has 0 radical (unpaired) electrons. The first-order chi connectivity index (χ1) is 11.8. The second kappa shape index (κ2) is 7.03. The predicted octanol–water partition coefficient (Wildman–Crippen LogP) is 4.94. The van der Waals surface area contributed by atoms with Gasteiger partial charge >= 0.3 is 0 Å². The first kappa shape index (κ1) is 15.8. The van der Waals surface area contributed by atoms with Gasteiger partial charge in [-0.2, -0.15) is 0 Å². The molecule has 0 bridgehead atoms. The highest BCUT2D eigenvalue weighted by Crippen LogP contribution is 2.40. The summed E-state index contributed by atoms with van der Waals surface area (Å²) >= 11 is 3.58. The Morgan fingerprint density at radius 2 is 2.04 bits per heavy atom. The number of fused-ring (bicyclic) bond motifs is 3. The number of carbonyl (C=O) groups excluding carboxylic acids is 1. The zero-order valence-corrected chi connectivity index (χ0v) is 15.0. The lowest BCUT2D eigenvalue weighted by Crippen LogP contribution is -1.99. The molecule has 0 N–H and O–H groups in total. The lowest BCUT2D eigenvalue weighted by atomic mass is 10.1. The van der Waals surface area contributed by atoms with Gasteiger partial charge in [-0.1, -0.05) is 30.3 Å². The number of hydrogen-bond donors (Lipinski definition) is 0. The standard InChI is InChI=1S/C19H18N2OS2/c22-15(13-6-2-1-3-7-13)9-5-11-23-18-17-14-8-4-10-16(14)24-19(17)21-12-20-18/h1-3,6-7,12H,4-5,8-11H2. The molecule has 0 atom stereocenters. The molecule has 5 heteroatoms. The average molecular weight is 355 g/mol. The second-order valence-corrected chi connectivity index (χ2v) is 8.12. The van der Waals surface area contributed by atoms with E-state index in [4.69, 9.17) is 0 Å². The van der Waals surface area contributed by atoms with Crippen molar-refractivity contribution in [2.75, 3.05) is 5.75 Å². The number of thioether (sulfide) groups is 1. The minimum absolute atomic E-state index is 0.223. The minimum Gasteiger partial charge on any atom is -0.294 e. The maximum atomic E-state index is 12.1. The molecule has 3 aromatic rings. The summed E-state index contributed by atoms with van der Waals surface area (Å²) in [6, 6.07) is 9.54. The first-order valence-corrected chi connectivity index (χ1v) is 10.1. The molecular weight excluding hydrogens is 336 g/mol. The molecule has 1 aliphatic carbocycles. The fourth-order valence-corrected chi connectivity index (χ4v) is 5.44. The van der Waals surface area contributed by atoms with Crippen LogP contribution in [-0.4, -0.2) is 21.5 Å². The molecule has 0 saturated heterocycles. The van der Waals surface area contributed by atoms with E-state index in [2.05, 4.69) is 9.97 Å². The molecule has 4 rings (SSSR count). The summed E-state index contributed by atoms with van der Waals surface area (Å²) in [6.07, 6.45) is 6.73. The minimum atomic E-state index is 0.223. The zero-order valence-electron chi connectivity index (χ0n) is 13.3. The van der Waals surface area contributed by atoms with Crippen LogP contribution >= 0.6 is 23.1 Å². The van der Waals surface area contributed by atoms with E-state index in [1.54, 1.807) is 18.1 Å². The Hall–Kier alpha value is -1.72. The van der Waals surface area contributed by atoms with Crippen LogP contribution in [0, 0.1) is 0 Å². The van der Waals surface area contributed by atoms with E-state index in [0.717, 1.165) is 34.0 Å². The van der Waals surface area contributed by atoms with E-state index < -0.39 is 0 Å². The third-order valence-corrected chi connectivity index (χ3v) is 6.62. The number of nitrogens with zero attached hydrogens (tertiary/aromatic N) is 2. The quantitative estimate of drug-likeness (QED) is 0.272. The Balaban J connectivity index is 1.40. The largest absolute Gasteiger partial charge is 0.294 e. The fraction of sp³-hybridized carbons (Fsp3) is 0.316. The van der Waals surface area contributed by atoms with Crippen LogP contribution in [-0.2, 0) is 12.8 Å². The van der Waals surface area contributed by atoms with Crippen molar-refractivity contribution >= 4 is 39.1 Å². The summed E-state index contributed by atoms with van der Waals surface area (Å²) in [5, 5.41) is 2.36. The molecule has 0 fully saturated rings. The van der Waals surface area contributed by atoms with Gasteiger partial charge in [0, 0.05) is 22.2 Å². The summed E-state index contributed by atoms with van der Waals surface area (Å²) in [4.78, 5) is 23.7. The topological polar surface area (TPSA) is 42.9 Å². The van der Waals surface area contributed by atoms with E-state index in [1.165, 1.54) is 28.7 Å². The smallest absolute Gasteiger partial charge is 0.162 e. The Morgan fingerprint density at radius 3 is 2.92 bits per heavy atom. The average Bonchev–Trinajstić information content (AvgIpc) is 3.20. The molecule has 24 heavy (non-hydrogen) atoms. The summed E-state index contributed by atoms with van der Waals surface area (Å²) in [5.74, 6) is 1.13. The van der Waals surface area contributed by atoms with Crippen LogP contribution in [0.4, 0.5) is 0 Å². The number of Topliss-reactive ketones (excluding diaryl/α,β-unsaturated/α-hetero) is 1. The first-order valence-electron chi connectivity index (χ1n) is 8.29. The van der Waals surface area contributed by atoms with Gasteiger partial charge in [0.1, 0.15) is 16.2 Å². The molecule has 0 spiro atoms. The van der Waals surface area contributed by atoms with Crippen molar-refractivity contribution in [1.29, 1.82) is 0 Å². The number of benzene rings is 1. The van der Waals surface area contributed by atoms with Gasteiger partial charge in [-0.25, -0.2) is 9.97 Å². The van der Waals surface area contributed by atoms with E-state index in [9.17, 15) is 4.79 Å². The number of carbonyl (C=O) groups is 1. The Bertz CT molecular complexity index is 874. The van der Waals surface area contributed by atoms with Crippen LogP contribution in [0.3, 0.4) is 0 Å². The zero-order chi connectivity index (χ0) is 16.4. The number of aryl methyl sites for hydroxylation is 2. The molecular formula is C19H18N2OS2.